The number of methoxy groups -OCH3 is 1. The van der Waals surface area contributed by atoms with Crippen molar-refractivity contribution >= 4 is 55.3 Å². The molecule has 0 fully saturated rings. The van der Waals surface area contributed by atoms with Crippen molar-refractivity contribution in [2.45, 2.75) is 32.1 Å². The number of non-ortho nitro benzene ring substituents is 1. The van der Waals surface area contributed by atoms with Gasteiger partial charge in [-0.3, -0.25) is 14.9 Å². The van der Waals surface area contributed by atoms with Crippen LogP contribution in [-0.4, -0.2) is 23.9 Å². The summed E-state index contributed by atoms with van der Waals surface area (Å²) in [5.74, 6) is -0.776. The normalized spacial score (nSPS) is 13.6. The van der Waals surface area contributed by atoms with Crippen molar-refractivity contribution < 1.29 is 19.2 Å². The molecule has 29 heavy (non-hydrogen) atoms. The Kier molecular flexibility index (Phi) is 5.33. The van der Waals surface area contributed by atoms with Gasteiger partial charge in [-0.25, -0.2) is 4.79 Å². The monoisotopic (exact) mass is 430 g/mol. The van der Waals surface area contributed by atoms with E-state index in [9.17, 15) is 19.7 Å². The molecule has 0 saturated carbocycles. The van der Waals surface area contributed by atoms with E-state index in [2.05, 4.69) is 5.32 Å². The number of carbonyl (C=O) groups excluding carboxylic acids is 2. The van der Waals surface area contributed by atoms with Gasteiger partial charge in [0.25, 0.3) is 11.6 Å². The van der Waals surface area contributed by atoms with Crippen LogP contribution in [-0.2, 0) is 17.6 Å². The van der Waals surface area contributed by atoms with E-state index >= 15 is 0 Å². The molecule has 0 aliphatic heterocycles. The van der Waals surface area contributed by atoms with Crippen LogP contribution in [0.5, 0.6) is 0 Å². The predicted molar refractivity (Wildman–Crippen MR) is 113 cm³/mol. The van der Waals surface area contributed by atoms with Crippen LogP contribution in [0.2, 0.25) is 0 Å². The number of nitrogens with one attached hydrogen (secondary N) is 1. The van der Waals surface area contributed by atoms with Gasteiger partial charge < -0.3 is 10.1 Å². The Balaban J connectivity index is 1.67. The lowest BCUT2D eigenvalue weighted by atomic mass is 10.1. The summed E-state index contributed by atoms with van der Waals surface area (Å²) in [5, 5.41) is 15.0. The third kappa shape index (κ3) is 3.75. The molecule has 4 rings (SSSR count). The SMILES string of the molecule is COC(=O)c1c(NC(=O)c2cc3cc([N+](=O)[O-])ccc3s2)sc2c1CCCCC2. The summed E-state index contributed by atoms with van der Waals surface area (Å²) >= 11 is 2.69. The third-order valence-corrected chi connectivity index (χ3v) is 7.29. The van der Waals surface area contributed by atoms with Crippen LogP contribution < -0.4 is 5.32 Å². The quantitative estimate of drug-likeness (QED) is 0.266. The largest absolute Gasteiger partial charge is 0.465 e. The lowest BCUT2D eigenvalue weighted by Gasteiger charge is -2.06. The predicted octanol–water partition coefficient (Wildman–Crippen LogP) is 5.18. The number of carbonyl (C=O) groups is 2. The van der Waals surface area contributed by atoms with Crippen LogP contribution in [0.4, 0.5) is 10.7 Å². The fraction of sp³-hybridized carbons (Fsp3) is 0.300. The molecule has 1 aliphatic carbocycles. The Morgan fingerprint density at radius 2 is 1.93 bits per heavy atom. The number of nitrogens with zero attached hydrogens (tertiary/aromatic N) is 1. The molecule has 3 aromatic rings. The smallest absolute Gasteiger partial charge is 0.341 e. The van der Waals surface area contributed by atoms with E-state index in [1.54, 1.807) is 12.1 Å². The van der Waals surface area contributed by atoms with Gasteiger partial charge in [-0.05, 0) is 43.4 Å². The second kappa shape index (κ2) is 7.92. The number of fused-ring (bicyclic) bond motifs is 2. The van der Waals surface area contributed by atoms with Crippen molar-refractivity contribution in [3.05, 3.63) is 55.3 Å². The average Bonchev–Trinajstić information content (AvgIpc) is 3.20. The zero-order valence-corrected chi connectivity index (χ0v) is 17.3. The van der Waals surface area contributed by atoms with E-state index < -0.39 is 10.9 Å². The van der Waals surface area contributed by atoms with Crippen molar-refractivity contribution in [1.82, 2.24) is 0 Å². The number of nitro groups is 1. The molecule has 1 aromatic carbocycles. The molecule has 0 unspecified atom stereocenters. The second-order valence-corrected chi connectivity index (χ2v) is 8.99. The summed E-state index contributed by atoms with van der Waals surface area (Å²) in [6, 6.07) is 6.16. The molecule has 150 valence electrons. The van der Waals surface area contributed by atoms with Gasteiger partial charge in [-0.15, -0.1) is 22.7 Å². The number of esters is 1. The van der Waals surface area contributed by atoms with Crippen molar-refractivity contribution in [1.29, 1.82) is 0 Å². The number of hydrogen-bond donors (Lipinski definition) is 1. The molecule has 1 aliphatic rings. The topological polar surface area (TPSA) is 98.5 Å². The van der Waals surface area contributed by atoms with Crippen LogP contribution in [0.15, 0.2) is 24.3 Å². The summed E-state index contributed by atoms with van der Waals surface area (Å²) < 4.78 is 5.76. The fourth-order valence-electron chi connectivity index (χ4n) is 3.57. The first-order chi connectivity index (χ1) is 14.0. The summed E-state index contributed by atoms with van der Waals surface area (Å²) in [6.45, 7) is 0. The van der Waals surface area contributed by atoms with Gasteiger partial charge in [0.05, 0.1) is 22.5 Å². The first-order valence-electron chi connectivity index (χ1n) is 9.20. The molecular formula is C20H18N2O5S2. The number of aryl methyl sites for hydroxylation is 1. The zero-order valence-electron chi connectivity index (χ0n) is 15.6. The van der Waals surface area contributed by atoms with Gasteiger partial charge in [0, 0.05) is 27.1 Å². The molecule has 7 nitrogen and oxygen atoms in total. The summed E-state index contributed by atoms with van der Waals surface area (Å²) in [6.07, 6.45) is 4.90. The van der Waals surface area contributed by atoms with Gasteiger partial charge in [0.2, 0.25) is 0 Å². The molecule has 0 atom stereocenters. The number of amides is 1. The fourth-order valence-corrected chi connectivity index (χ4v) is 5.78. The number of rotatable bonds is 4. The Hall–Kier alpha value is -2.78. The van der Waals surface area contributed by atoms with Crippen LogP contribution in [0.3, 0.4) is 0 Å². The number of benzene rings is 1. The lowest BCUT2D eigenvalue weighted by molar-refractivity contribution is -0.384. The molecule has 2 heterocycles. The Labute approximate surface area is 174 Å². The average molecular weight is 431 g/mol. The Morgan fingerprint density at radius 1 is 1.14 bits per heavy atom. The molecule has 0 saturated heterocycles. The Morgan fingerprint density at radius 3 is 2.69 bits per heavy atom. The number of hydrogen-bond acceptors (Lipinski definition) is 7. The number of anilines is 1. The number of ether oxygens (including phenoxy) is 1. The van der Waals surface area contributed by atoms with E-state index in [4.69, 9.17) is 4.74 Å². The molecule has 1 amide bonds. The Bertz CT molecular complexity index is 1130. The van der Waals surface area contributed by atoms with Gasteiger partial charge in [-0.2, -0.15) is 0 Å². The van der Waals surface area contributed by atoms with Crippen molar-refractivity contribution in [3.63, 3.8) is 0 Å². The number of thiophene rings is 2. The van der Waals surface area contributed by atoms with E-state index in [1.807, 2.05) is 0 Å². The highest BCUT2D eigenvalue weighted by molar-refractivity contribution is 7.21. The molecule has 0 bridgehead atoms. The standard InChI is InChI=1S/C20H18N2O5S2/c1-27-20(24)17-13-5-3-2-4-6-15(13)29-19(17)21-18(23)16-10-11-9-12(22(25)26)7-8-14(11)28-16/h7-10H,2-6H2,1H3,(H,21,23). The van der Waals surface area contributed by atoms with Crippen molar-refractivity contribution in [3.8, 4) is 0 Å². The second-order valence-electron chi connectivity index (χ2n) is 6.80. The maximum absolute atomic E-state index is 12.9. The van der Waals surface area contributed by atoms with Gasteiger partial charge in [0.1, 0.15) is 5.00 Å². The molecule has 2 aromatic heterocycles. The minimum absolute atomic E-state index is 0.0165. The van der Waals surface area contributed by atoms with Crippen molar-refractivity contribution in [2.24, 2.45) is 0 Å². The molecule has 1 N–H and O–H groups in total. The maximum Gasteiger partial charge on any atom is 0.341 e. The molecule has 0 radical (unpaired) electrons. The summed E-state index contributed by atoms with van der Waals surface area (Å²) in [7, 11) is 1.34. The van der Waals surface area contributed by atoms with Gasteiger partial charge in [0.15, 0.2) is 0 Å². The highest BCUT2D eigenvalue weighted by atomic mass is 32.1. The lowest BCUT2D eigenvalue weighted by Crippen LogP contribution is -2.13. The van der Waals surface area contributed by atoms with E-state index in [-0.39, 0.29) is 11.6 Å². The van der Waals surface area contributed by atoms with Crippen LogP contribution in [0.1, 0.15) is 49.7 Å². The zero-order chi connectivity index (χ0) is 20.5. The first-order valence-corrected chi connectivity index (χ1v) is 10.8. The minimum Gasteiger partial charge on any atom is -0.465 e. The van der Waals surface area contributed by atoms with Gasteiger partial charge in [-0.1, -0.05) is 6.42 Å². The van der Waals surface area contributed by atoms with Crippen molar-refractivity contribution in [2.75, 3.05) is 12.4 Å². The highest BCUT2D eigenvalue weighted by Crippen LogP contribution is 2.38. The van der Waals surface area contributed by atoms with E-state index in [0.29, 0.717) is 20.8 Å². The third-order valence-electron chi connectivity index (χ3n) is 4.97. The summed E-state index contributed by atoms with van der Waals surface area (Å²) in [4.78, 5) is 37.3. The van der Waals surface area contributed by atoms with E-state index in [1.165, 1.54) is 41.9 Å². The van der Waals surface area contributed by atoms with E-state index in [0.717, 1.165) is 47.2 Å². The first kappa shape index (κ1) is 19.5. The maximum atomic E-state index is 12.9. The van der Waals surface area contributed by atoms with Crippen LogP contribution >= 0.6 is 22.7 Å². The molecular weight excluding hydrogens is 412 g/mol. The molecule has 0 spiro atoms. The van der Waals surface area contributed by atoms with Gasteiger partial charge >= 0.3 is 5.97 Å². The summed E-state index contributed by atoms with van der Waals surface area (Å²) in [5.41, 5.74) is 1.43. The number of nitro benzene ring substituents is 1. The highest BCUT2D eigenvalue weighted by Gasteiger charge is 2.27. The van der Waals surface area contributed by atoms with Crippen LogP contribution in [0.25, 0.3) is 10.1 Å². The minimum atomic E-state index is -0.460. The molecule has 9 heteroatoms. The van der Waals surface area contributed by atoms with Crippen LogP contribution in [0, 0.1) is 10.1 Å².